The molecule has 0 bridgehead atoms. The van der Waals surface area contributed by atoms with E-state index in [1.807, 2.05) is 24.6 Å². The van der Waals surface area contributed by atoms with Crippen molar-refractivity contribution in [3.05, 3.63) is 33.9 Å². The summed E-state index contributed by atoms with van der Waals surface area (Å²) in [7, 11) is 0. The summed E-state index contributed by atoms with van der Waals surface area (Å²) in [4.78, 5) is 0.985. The number of nitrogens with one attached hydrogen (secondary N) is 1. The number of halogens is 1. The maximum atomic E-state index is 12.8. The lowest BCUT2D eigenvalue weighted by atomic mass is 10.4. The number of rotatable bonds is 4. The summed E-state index contributed by atoms with van der Waals surface area (Å²) in [5, 5.41) is 7.45. The molecule has 5 heteroatoms. The molecule has 0 saturated carbocycles. The Labute approximate surface area is 97.9 Å². The molecule has 0 atom stereocenters. The van der Waals surface area contributed by atoms with Gasteiger partial charge in [-0.2, -0.15) is 9.49 Å². The van der Waals surface area contributed by atoms with E-state index >= 15 is 0 Å². The minimum atomic E-state index is -0.142. The van der Waals surface area contributed by atoms with E-state index in [0.29, 0.717) is 6.54 Å². The molecule has 2 heterocycles. The van der Waals surface area contributed by atoms with Crippen LogP contribution in [0.5, 0.6) is 0 Å². The van der Waals surface area contributed by atoms with Gasteiger partial charge >= 0.3 is 0 Å². The first-order valence-electron chi connectivity index (χ1n) is 5.21. The third-order valence-corrected chi connectivity index (χ3v) is 3.15. The summed E-state index contributed by atoms with van der Waals surface area (Å²) >= 11 is 1.17. The Morgan fingerprint density at radius 2 is 2.31 bits per heavy atom. The standard InChI is InChI=1S/C11H14FN3S/c1-3-15-11(6-8(2)14-15)13-7-9-4-5-10(12)16-9/h4-6,13H,3,7H2,1-2H3. The molecule has 86 valence electrons. The number of aromatic nitrogens is 2. The molecule has 0 aromatic carbocycles. The van der Waals surface area contributed by atoms with Crippen LogP contribution < -0.4 is 5.32 Å². The van der Waals surface area contributed by atoms with E-state index < -0.39 is 0 Å². The minimum absolute atomic E-state index is 0.142. The van der Waals surface area contributed by atoms with E-state index in [1.54, 1.807) is 6.07 Å². The van der Waals surface area contributed by atoms with Gasteiger partial charge in [0, 0.05) is 17.5 Å². The zero-order valence-corrected chi connectivity index (χ0v) is 10.1. The molecule has 0 amide bonds. The lowest BCUT2D eigenvalue weighted by Crippen LogP contribution is -2.05. The fraction of sp³-hybridized carbons (Fsp3) is 0.364. The van der Waals surface area contributed by atoms with Crippen molar-refractivity contribution in [2.75, 3.05) is 5.32 Å². The second kappa shape index (κ2) is 4.65. The van der Waals surface area contributed by atoms with Crippen molar-refractivity contribution in [1.82, 2.24) is 9.78 Å². The van der Waals surface area contributed by atoms with E-state index in [0.717, 1.165) is 22.9 Å². The van der Waals surface area contributed by atoms with Crippen LogP contribution in [0.4, 0.5) is 10.2 Å². The first-order valence-corrected chi connectivity index (χ1v) is 6.03. The third-order valence-electron chi connectivity index (χ3n) is 2.27. The lowest BCUT2D eigenvalue weighted by Gasteiger charge is -2.06. The monoisotopic (exact) mass is 239 g/mol. The van der Waals surface area contributed by atoms with Crippen molar-refractivity contribution < 1.29 is 4.39 Å². The molecule has 0 fully saturated rings. The first-order chi connectivity index (χ1) is 7.69. The van der Waals surface area contributed by atoms with Gasteiger partial charge in [0.05, 0.1) is 12.2 Å². The van der Waals surface area contributed by atoms with E-state index in [4.69, 9.17) is 0 Å². The topological polar surface area (TPSA) is 29.9 Å². The highest BCUT2D eigenvalue weighted by Crippen LogP contribution is 2.17. The molecule has 3 nitrogen and oxygen atoms in total. The smallest absolute Gasteiger partial charge is 0.176 e. The van der Waals surface area contributed by atoms with Gasteiger partial charge in [-0.05, 0) is 26.0 Å². The highest BCUT2D eigenvalue weighted by molar-refractivity contribution is 7.10. The largest absolute Gasteiger partial charge is 0.365 e. The van der Waals surface area contributed by atoms with E-state index in [9.17, 15) is 4.39 Å². The molecule has 16 heavy (non-hydrogen) atoms. The Morgan fingerprint density at radius 3 is 2.94 bits per heavy atom. The lowest BCUT2D eigenvalue weighted by molar-refractivity contribution is 0.657. The van der Waals surface area contributed by atoms with Crippen molar-refractivity contribution in [2.24, 2.45) is 0 Å². The molecule has 2 aromatic rings. The molecule has 2 rings (SSSR count). The van der Waals surface area contributed by atoms with E-state index in [2.05, 4.69) is 10.4 Å². The summed E-state index contributed by atoms with van der Waals surface area (Å²) in [6, 6.07) is 5.28. The molecule has 0 aliphatic rings. The quantitative estimate of drug-likeness (QED) is 0.888. The zero-order chi connectivity index (χ0) is 11.5. The number of hydrogen-bond donors (Lipinski definition) is 1. The van der Waals surface area contributed by atoms with Gasteiger partial charge in [0.25, 0.3) is 0 Å². The minimum Gasteiger partial charge on any atom is -0.365 e. The molecule has 0 spiro atoms. The molecular formula is C11H14FN3S. The van der Waals surface area contributed by atoms with Crippen LogP contribution in [0.1, 0.15) is 17.5 Å². The van der Waals surface area contributed by atoms with Gasteiger partial charge in [-0.25, -0.2) is 4.68 Å². The van der Waals surface area contributed by atoms with Gasteiger partial charge < -0.3 is 5.32 Å². The highest BCUT2D eigenvalue weighted by atomic mass is 32.1. The highest BCUT2D eigenvalue weighted by Gasteiger charge is 2.04. The maximum absolute atomic E-state index is 12.8. The molecule has 1 N–H and O–H groups in total. The van der Waals surface area contributed by atoms with Crippen molar-refractivity contribution in [2.45, 2.75) is 26.9 Å². The van der Waals surface area contributed by atoms with Crippen LogP contribution in [0.15, 0.2) is 18.2 Å². The molecular weight excluding hydrogens is 225 g/mol. The SMILES string of the molecule is CCn1nc(C)cc1NCc1ccc(F)s1. The molecule has 0 aliphatic heterocycles. The van der Waals surface area contributed by atoms with Crippen LogP contribution in [0.2, 0.25) is 0 Å². The molecule has 0 radical (unpaired) electrons. The predicted octanol–water partition coefficient (Wildman–Crippen LogP) is 3.02. The Morgan fingerprint density at radius 1 is 1.50 bits per heavy atom. The average molecular weight is 239 g/mol. The van der Waals surface area contributed by atoms with Crippen LogP contribution in [-0.2, 0) is 13.1 Å². The van der Waals surface area contributed by atoms with Gasteiger partial charge in [0.2, 0.25) is 0 Å². The predicted molar refractivity (Wildman–Crippen MR) is 64.2 cm³/mol. The molecule has 2 aromatic heterocycles. The van der Waals surface area contributed by atoms with Gasteiger partial charge in [-0.15, -0.1) is 11.3 Å². The summed E-state index contributed by atoms with van der Waals surface area (Å²) < 4.78 is 14.7. The van der Waals surface area contributed by atoms with Crippen LogP contribution in [-0.4, -0.2) is 9.78 Å². The number of aryl methyl sites for hydroxylation is 2. The Kier molecular flexibility index (Phi) is 3.24. The van der Waals surface area contributed by atoms with Crippen LogP contribution in [0, 0.1) is 12.1 Å². The first kappa shape index (κ1) is 11.1. The number of thiophene rings is 1. The Hall–Kier alpha value is -1.36. The third kappa shape index (κ3) is 2.41. The zero-order valence-electron chi connectivity index (χ0n) is 9.33. The number of nitrogens with zero attached hydrogens (tertiary/aromatic N) is 2. The Bertz CT molecular complexity index is 475. The van der Waals surface area contributed by atoms with Crippen LogP contribution in [0.25, 0.3) is 0 Å². The normalized spacial score (nSPS) is 10.7. The van der Waals surface area contributed by atoms with Crippen LogP contribution >= 0.6 is 11.3 Å². The van der Waals surface area contributed by atoms with Gasteiger partial charge in [0.15, 0.2) is 5.13 Å². The molecule has 0 unspecified atom stereocenters. The average Bonchev–Trinajstić information content (AvgIpc) is 2.81. The fourth-order valence-electron chi connectivity index (χ4n) is 1.55. The van der Waals surface area contributed by atoms with Gasteiger partial charge in [-0.3, -0.25) is 0 Å². The fourth-order valence-corrected chi connectivity index (χ4v) is 2.22. The second-order valence-corrected chi connectivity index (χ2v) is 4.66. The van der Waals surface area contributed by atoms with Gasteiger partial charge in [0.1, 0.15) is 5.82 Å². The summed E-state index contributed by atoms with van der Waals surface area (Å²) in [6.45, 7) is 5.47. The number of hydrogen-bond acceptors (Lipinski definition) is 3. The van der Waals surface area contributed by atoms with Crippen molar-refractivity contribution >= 4 is 17.2 Å². The summed E-state index contributed by atoms with van der Waals surface area (Å²) in [6.07, 6.45) is 0. The van der Waals surface area contributed by atoms with Crippen molar-refractivity contribution in [1.29, 1.82) is 0 Å². The van der Waals surface area contributed by atoms with E-state index in [1.165, 1.54) is 17.4 Å². The van der Waals surface area contributed by atoms with Crippen molar-refractivity contribution in [3.8, 4) is 0 Å². The second-order valence-electron chi connectivity index (χ2n) is 3.55. The van der Waals surface area contributed by atoms with Gasteiger partial charge in [-0.1, -0.05) is 0 Å². The molecule has 0 saturated heterocycles. The number of anilines is 1. The Balaban J connectivity index is 2.04. The van der Waals surface area contributed by atoms with Crippen LogP contribution in [0.3, 0.4) is 0 Å². The molecule has 0 aliphatic carbocycles. The summed E-state index contributed by atoms with van der Waals surface area (Å²) in [5.74, 6) is 0.980. The van der Waals surface area contributed by atoms with Crippen molar-refractivity contribution in [3.63, 3.8) is 0 Å². The van der Waals surface area contributed by atoms with E-state index in [-0.39, 0.29) is 5.13 Å². The summed E-state index contributed by atoms with van der Waals surface area (Å²) in [5.41, 5.74) is 0.988. The maximum Gasteiger partial charge on any atom is 0.176 e.